The summed E-state index contributed by atoms with van der Waals surface area (Å²) < 4.78 is 6.45. The number of aromatic nitrogens is 3. The highest BCUT2D eigenvalue weighted by molar-refractivity contribution is 5.90. The van der Waals surface area contributed by atoms with E-state index < -0.39 is 23.6 Å². The lowest BCUT2D eigenvalue weighted by Gasteiger charge is -2.34. The molecule has 0 spiro atoms. The fourth-order valence-corrected chi connectivity index (χ4v) is 4.91. The highest BCUT2D eigenvalue weighted by Gasteiger charge is 2.45. The Balaban J connectivity index is 1.79. The summed E-state index contributed by atoms with van der Waals surface area (Å²) in [6.45, 7) is 5.95. The number of aliphatic hydroxyl groups is 1. The second-order valence-electron chi connectivity index (χ2n) is 9.97. The van der Waals surface area contributed by atoms with Crippen molar-refractivity contribution in [2.45, 2.75) is 77.0 Å². The third kappa shape index (κ3) is 4.95. The number of carbonyl (C=O) groups excluding carboxylic acids is 3. The molecule has 3 atom stereocenters. The minimum Gasteiger partial charge on any atom is -0.469 e. The van der Waals surface area contributed by atoms with Crippen molar-refractivity contribution in [1.29, 1.82) is 0 Å². The van der Waals surface area contributed by atoms with Gasteiger partial charge in [-0.2, -0.15) is 0 Å². The second-order valence-corrected chi connectivity index (χ2v) is 9.97. The topological polar surface area (TPSA) is 127 Å². The molecule has 3 rings (SSSR count). The molecule has 0 radical (unpaired) electrons. The molecule has 1 aliphatic heterocycles. The van der Waals surface area contributed by atoms with Crippen LogP contribution in [0, 0.1) is 11.3 Å². The number of carbonyl (C=O) groups is 3. The molecule has 1 saturated heterocycles. The number of esters is 1. The Bertz CT molecular complexity index is 840. The summed E-state index contributed by atoms with van der Waals surface area (Å²) in [5, 5.41) is 21.4. The number of rotatable bonds is 5. The minimum atomic E-state index is -0.738. The van der Waals surface area contributed by atoms with Crippen molar-refractivity contribution in [2.24, 2.45) is 11.3 Å². The standard InChI is InChI=1S/C22H35N5O5/c1-22(2,3)18(20(30)26-11-15(28)10-17(26)19(29)23-4)27-12-16(24-25-27)13-6-8-14(9-7-13)21(31)32-5/h12-15,17-18,28H,6-11H2,1-5H3,(H,23,29)/t13?,14?,15-,17+,18-/m1/s1. The van der Waals surface area contributed by atoms with E-state index in [0.29, 0.717) is 0 Å². The first-order valence-electron chi connectivity index (χ1n) is 11.3. The highest BCUT2D eigenvalue weighted by atomic mass is 16.5. The van der Waals surface area contributed by atoms with Gasteiger partial charge in [0.15, 0.2) is 0 Å². The summed E-state index contributed by atoms with van der Waals surface area (Å²) in [6, 6.07) is -1.38. The van der Waals surface area contributed by atoms with Gasteiger partial charge >= 0.3 is 5.97 Å². The zero-order valence-electron chi connectivity index (χ0n) is 19.6. The van der Waals surface area contributed by atoms with E-state index in [1.54, 1.807) is 4.68 Å². The number of nitrogens with zero attached hydrogens (tertiary/aromatic N) is 4. The maximum Gasteiger partial charge on any atom is 0.308 e. The van der Waals surface area contributed by atoms with Crippen LogP contribution in [-0.2, 0) is 19.1 Å². The van der Waals surface area contributed by atoms with Crippen molar-refractivity contribution in [2.75, 3.05) is 20.7 Å². The van der Waals surface area contributed by atoms with Crippen LogP contribution < -0.4 is 5.32 Å². The van der Waals surface area contributed by atoms with Gasteiger partial charge in [-0.3, -0.25) is 14.4 Å². The average Bonchev–Trinajstić information content (AvgIpc) is 3.38. The van der Waals surface area contributed by atoms with Crippen LogP contribution in [0.1, 0.15) is 70.5 Å². The van der Waals surface area contributed by atoms with E-state index in [1.165, 1.54) is 19.1 Å². The van der Waals surface area contributed by atoms with Crippen LogP contribution in [0.5, 0.6) is 0 Å². The van der Waals surface area contributed by atoms with Gasteiger partial charge in [0.05, 0.1) is 24.8 Å². The van der Waals surface area contributed by atoms with Gasteiger partial charge in [-0.25, -0.2) is 4.68 Å². The quantitative estimate of drug-likeness (QED) is 0.643. The number of aliphatic hydroxyl groups excluding tert-OH is 1. The van der Waals surface area contributed by atoms with E-state index in [4.69, 9.17) is 4.74 Å². The van der Waals surface area contributed by atoms with E-state index in [2.05, 4.69) is 15.6 Å². The van der Waals surface area contributed by atoms with Crippen molar-refractivity contribution in [3.63, 3.8) is 0 Å². The lowest BCUT2D eigenvalue weighted by atomic mass is 9.80. The summed E-state index contributed by atoms with van der Waals surface area (Å²) in [5.74, 6) is -0.604. The monoisotopic (exact) mass is 449 g/mol. The molecule has 2 fully saturated rings. The minimum absolute atomic E-state index is 0.0709. The van der Waals surface area contributed by atoms with Crippen molar-refractivity contribution in [1.82, 2.24) is 25.2 Å². The lowest BCUT2D eigenvalue weighted by Crippen LogP contribution is -2.49. The number of likely N-dealkylation sites (N-methyl/N-ethyl adjacent to an activating group) is 1. The Morgan fingerprint density at radius 1 is 1.22 bits per heavy atom. The van der Waals surface area contributed by atoms with E-state index in [-0.39, 0.29) is 42.6 Å². The van der Waals surface area contributed by atoms with Crippen LogP contribution in [0.25, 0.3) is 0 Å². The maximum absolute atomic E-state index is 13.6. The van der Waals surface area contributed by atoms with Crippen LogP contribution >= 0.6 is 0 Å². The van der Waals surface area contributed by atoms with E-state index in [1.807, 2.05) is 27.0 Å². The van der Waals surface area contributed by atoms with Crippen LogP contribution in [0.3, 0.4) is 0 Å². The first-order chi connectivity index (χ1) is 15.1. The number of β-amino-alcohol motifs (C(OH)–C–C–N with tert-alkyl or cyclic N) is 1. The number of likely N-dealkylation sites (tertiary alicyclic amines) is 1. The smallest absolute Gasteiger partial charge is 0.308 e. The Kier molecular flexibility index (Phi) is 7.22. The fourth-order valence-electron chi connectivity index (χ4n) is 4.91. The van der Waals surface area contributed by atoms with E-state index in [0.717, 1.165) is 31.4 Å². The van der Waals surface area contributed by atoms with Crippen molar-refractivity contribution < 1.29 is 24.2 Å². The Labute approximate surface area is 188 Å². The van der Waals surface area contributed by atoms with Gasteiger partial charge in [-0.05, 0) is 31.1 Å². The molecule has 1 aromatic heterocycles. The molecule has 10 heteroatoms. The molecule has 1 aromatic rings. The normalized spacial score (nSPS) is 27.1. The van der Waals surface area contributed by atoms with E-state index in [9.17, 15) is 19.5 Å². The van der Waals surface area contributed by atoms with Crippen LogP contribution in [0.2, 0.25) is 0 Å². The summed E-state index contributed by atoms with van der Waals surface area (Å²) >= 11 is 0. The van der Waals surface area contributed by atoms with Crippen molar-refractivity contribution >= 4 is 17.8 Å². The molecule has 10 nitrogen and oxygen atoms in total. The Hall–Kier alpha value is -2.49. The number of ether oxygens (including phenoxy) is 1. The second kappa shape index (κ2) is 9.56. The predicted molar refractivity (Wildman–Crippen MR) is 115 cm³/mol. The molecule has 2 N–H and O–H groups in total. The SMILES string of the molecule is CNC(=O)[C@@H]1C[C@@H](O)CN1C(=O)[C@@H](n1cc(C2CCC(C(=O)OC)CC2)nn1)C(C)(C)C. The molecule has 0 aromatic carbocycles. The summed E-state index contributed by atoms with van der Waals surface area (Å²) in [4.78, 5) is 39.2. The molecular formula is C22H35N5O5. The number of hydrogen-bond donors (Lipinski definition) is 2. The number of amides is 2. The number of hydrogen-bond acceptors (Lipinski definition) is 7. The molecule has 178 valence electrons. The molecule has 0 unspecified atom stereocenters. The molecule has 0 bridgehead atoms. The molecule has 2 heterocycles. The van der Waals surface area contributed by atoms with Crippen LogP contribution in [0.4, 0.5) is 0 Å². The largest absolute Gasteiger partial charge is 0.469 e. The third-order valence-electron chi connectivity index (χ3n) is 6.64. The number of nitrogens with one attached hydrogen (secondary N) is 1. The molecule has 2 amide bonds. The van der Waals surface area contributed by atoms with Crippen molar-refractivity contribution in [3.8, 4) is 0 Å². The molecule has 1 saturated carbocycles. The maximum atomic E-state index is 13.6. The average molecular weight is 450 g/mol. The van der Waals surface area contributed by atoms with E-state index >= 15 is 0 Å². The molecule has 2 aliphatic rings. The summed E-state index contributed by atoms with van der Waals surface area (Å²) in [5.41, 5.74) is 0.311. The van der Waals surface area contributed by atoms with Gasteiger partial charge < -0.3 is 20.1 Å². The molecule has 32 heavy (non-hydrogen) atoms. The Morgan fingerprint density at radius 2 is 1.88 bits per heavy atom. The van der Waals surface area contributed by atoms with Gasteiger partial charge in [0.25, 0.3) is 0 Å². The van der Waals surface area contributed by atoms with Crippen molar-refractivity contribution in [3.05, 3.63) is 11.9 Å². The van der Waals surface area contributed by atoms with Gasteiger partial charge in [0.2, 0.25) is 11.8 Å². The lowest BCUT2D eigenvalue weighted by molar-refractivity contribution is -0.146. The Morgan fingerprint density at radius 3 is 2.44 bits per heavy atom. The fraction of sp³-hybridized carbons (Fsp3) is 0.773. The molecule has 1 aliphatic carbocycles. The van der Waals surface area contributed by atoms with Gasteiger partial charge in [0, 0.05) is 32.1 Å². The van der Waals surface area contributed by atoms with Gasteiger partial charge in [0.1, 0.15) is 12.1 Å². The predicted octanol–water partition coefficient (Wildman–Crippen LogP) is 1.02. The first-order valence-corrected chi connectivity index (χ1v) is 11.3. The third-order valence-corrected chi connectivity index (χ3v) is 6.64. The highest BCUT2D eigenvalue weighted by Crippen LogP contribution is 2.38. The van der Waals surface area contributed by atoms with Crippen LogP contribution in [0.15, 0.2) is 6.20 Å². The summed E-state index contributed by atoms with van der Waals surface area (Å²) in [7, 11) is 2.94. The van der Waals surface area contributed by atoms with Gasteiger partial charge in [-0.15, -0.1) is 5.10 Å². The number of methoxy groups -OCH3 is 1. The molecular weight excluding hydrogens is 414 g/mol. The first kappa shape index (κ1) is 24.2. The zero-order valence-corrected chi connectivity index (χ0v) is 19.6. The summed E-state index contributed by atoms with van der Waals surface area (Å²) in [6.07, 6.45) is 4.40. The zero-order chi connectivity index (χ0) is 23.6. The van der Waals surface area contributed by atoms with Crippen LogP contribution in [-0.4, -0.2) is 75.6 Å². The van der Waals surface area contributed by atoms with Gasteiger partial charge in [-0.1, -0.05) is 26.0 Å².